The standard InChI is InChI=1S/C13H13NO2S/c15-17(16)9-8-13(14-17)12-7-3-5-10-4-1-2-6-11(10)12/h1-2,4,6,8-9,12H,3,5,7H2. The quantitative estimate of drug-likeness (QED) is 0.765. The Morgan fingerprint density at radius 1 is 1.24 bits per heavy atom. The highest BCUT2D eigenvalue weighted by molar-refractivity contribution is 7.93. The molecule has 17 heavy (non-hydrogen) atoms. The number of hydrogen-bond acceptors (Lipinski definition) is 2. The number of aryl methyl sites for hydroxylation is 1. The van der Waals surface area contributed by atoms with Gasteiger partial charge in [0, 0.05) is 5.92 Å². The zero-order valence-electron chi connectivity index (χ0n) is 9.33. The average molecular weight is 247 g/mol. The molecule has 1 unspecified atom stereocenters. The number of nitrogens with zero attached hydrogens (tertiary/aromatic N) is 1. The van der Waals surface area contributed by atoms with Crippen molar-refractivity contribution in [3.05, 3.63) is 46.9 Å². The van der Waals surface area contributed by atoms with E-state index in [9.17, 15) is 8.42 Å². The van der Waals surface area contributed by atoms with E-state index in [1.807, 2.05) is 12.1 Å². The SMILES string of the molecule is O=S1(=O)C=CC(C2CCCc3ccccc32)=N1. The molecule has 0 spiro atoms. The molecular weight excluding hydrogens is 234 g/mol. The Balaban J connectivity index is 2.05. The number of allylic oxidation sites excluding steroid dienone is 1. The Morgan fingerprint density at radius 2 is 2.06 bits per heavy atom. The molecular formula is C13H13NO2S. The highest BCUT2D eigenvalue weighted by atomic mass is 32.2. The summed E-state index contributed by atoms with van der Waals surface area (Å²) in [6, 6.07) is 8.24. The summed E-state index contributed by atoms with van der Waals surface area (Å²) < 4.78 is 26.5. The summed E-state index contributed by atoms with van der Waals surface area (Å²) in [7, 11) is -3.34. The van der Waals surface area contributed by atoms with E-state index in [2.05, 4.69) is 16.5 Å². The first-order chi connectivity index (χ1) is 8.16. The number of benzene rings is 1. The van der Waals surface area contributed by atoms with Crippen LogP contribution in [0.15, 0.2) is 40.1 Å². The van der Waals surface area contributed by atoms with Gasteiger partial charge in [0.1, 0.15) is 0 Å². The summed E-state index contributed by atoms with van der Waals surface area (Å²) in [6.45, 7) is 0. The van der Waals surface area contributed by atoms with Crippen LogP contribution in [0.25, 0.3) is 0 Å². The molecule has 0 fully saturated rings. The number of hydrogen-bond donors (Lipinski definition) is 0. The van der Waals surface area contributed by atoms with Crippen molar-refractivity contribution in [1.82, 2.24) is 0 Å². The summed E-state index contributed by atoms with van der Waals surface area (Å²) in [4.78, 5) is 0. The molecule has 0 saturated heterocycles. The molecule has 4 heteroatoms. The van der Waals surface area contributed by atoms with Gasteiger partial charge in [-0.25, -0.2) is 0 Å². The van der Waals surface area contributed by atoms with Crippen LogP contribution in [-0.2, 0) is 16.4 Å². The van der Waals surface area contributed by atoms with Crippen molar-refractivity contribution in [1.29, 1.82) is 0 Å². The Hall–Kier alpha value is -1.42. The first kappa shape index (κ1) is 10.7. The third-order valence-corrected chi connectivity index (χ3v) is 4.32. The van der Waals surface area contributed by atoms with Gasteiger partial charge >= 0.3 is 0 Å². The molecule has 1 aliphatic carbocycles. The summed E-state index contributed by atoms with van der Waals surface area (Å²) >= 11 is 0. The molecule has 1 aromatic carbocycles. The van der Waals surface area contributed by atoms with Gasteiger partial charge in [-0.2, -0.15) is 12.8 Å². The van der Waals surface area contributed by atoms with Crippen LogP contribution in [0.4, 0.5) is 0 Å². The van der Waals surface area contributed by atoms with E-state index in [4.69, 9.17) is 0 Å². The minimum Gasteiger partial charge on any atom is -0.200 e. The maximum Gasteiger partial charge on any atom is 0.275 e. The first-order valence-electron chi connectivity index (χ1n) is 5.76. The fourth-order valence-electron chi connectivity index (χ4n) is 2.60. The largest absolute Gasteiger partial charge is 0.275 e. The molecule has 1 heterocycles. The van der Waals surface area contributed by atoms with Crippen molar-refractivity contribution in [3.8, 4) is 0 Å². The van der Waals surface area contributed by atoms with Crippen molar-refractivity contribution in [2.75, 3.05) is 0 Å². The average Bonchev–Trinajstić information content (AvgIpc) is 2.69. The molecule has 0 bridgehead atoms. The molecule has 88 valence electrons. The van der Waals surface area contributed by atoms with E-state index in [0.29, 0.717) is 5.71 Å². The summed E-state index contributed by atoms with van der Waals surface area (Å²) in [6.07, 6.45) is 4.79. The smallest absolute Gasteiger partial charge is 0.200 e. The van der Waals surface area contributed by atoms with Gasteiger partial charge in [0.25, 0.3) is 10.0 Å². The molecule has 1 aromatic rings. The maximum absolute atomic E-state index is 11.3. The maximum atomic E-state index is 11.3. The Morgan fingerprint density at radius 3 is 2.82 bits per heavy atom. The van der Waals surface area contributed by atoms with Crippen LogP contribution in [-0.4, -0.2) is 14.1 Å². The van der Waals surface area contributed by atoms with Crippen molar-refractivity contribution in [2.24, 2.45) is 4.40 Å². The zero-order valence-corrected chi connectivity index (χ0v) is 10.2. The lowest BCUT2D eigenvalue weighted by molar-refractivity contribution is 0.606. The third-order valence-electron chi connectivity index (χ3n) is 3.37. The molecule has 1 atom stereocenters. The Labute approximate surface area is 101 Å². The van der Waals surface area contributed by atoms with Gasteiger partial charge in [0.15, 0.2) is 0 Å². The molecule has 0 radical (unpaired) electrons. The highest BCUT2D eigenvalue weighted by Crippen LogP contribution is 2.34. The van der Waals surface area contributed by atoms with Crippen molar-refractivity contribution in [3.63, 3.8) is 0 Å². The van der Waals surface area contributed by atoms with E-state index >= 15 is 0 Å². The monoisotopic (exact) mass is 247 g/mol. The van der Waals surface area contributed by atoms with Gasteiger partial charge < -0.3 is 0 Å². The molecule has 0 aromatic heterocycles. The van der Waals surface area contributed by atoms with Gasteiger partial charge in [0.05, 0.1) is 11.1 Å². The predicted molar refractivity (Wildman–Crippen MR) is 67.6 cm³/mol. The summed E-state index contributed by atoms with van der Waals surface area (Å²) in [5, 5.41) is 1.19. The molecule has 0 N–H and O–H groups in total. The summed E-state index contributed by atoms with van der Waals surface area (Å²) in [5.74, 6) is 0.147. The minimum absolute atomic E-state index is 0.147. The van der Waals surface area contributed by atoms with E-state index in [1.165, 1.54) is 16.5 Å². The van der Waals surface area contributed by atoms with E-state index in [0.717, 1.165) is 19.3 Å². The fourth-order valence-corrected chi connectivity index (χ4v) is 3.46. The van der Waals surface area contributed by atoms with Crippen LogP contribution in [0.3, 0.4) is 0 Å². The van der Waals surface area contributed by atoms with Crippen LogP contribution >= 0.6 is 0 Å². The van der Waals surface area contributed by atoms with E-state index < -0.39 is 10.0 Å². The second kappa shape index (κ2) is 3.81. The first-order valence-corrected chi connectivity index (χ1v) is 7.27. The zero-order chi connectivity index (χ0) is 11.9. The summed E-state index contributed by atoms with van der Waals surface area (Å²) in [5.41, 5.74) is 3.25. The van der Waals surface area contributed by atoms with E-state index in [-0.39, 0.29) is 5.92 Å². The molecule has 1 aliphatic heterocycles. The second-order valence-electron chi connectivity index (χ2n) is 4.48. The van der Waals surface area contributed by atoms with Crippen LogP contribution in [0.1, 0.15) is 29.9 Å². The van der Waals surface area contributed by atoms with Gasteiger partial charge in [-0.05, 0) is 36.5 Å². The van der Waals surface area contributed by atoms with Gasteiger partial charge in [-0.15, -0.1) is 0 Å². The molecule has 3 rings (SSSR count). The minimum atomic E-state index is -3.34. The number of sulfonamides is 1. The van der Waals surface area contributed by atoms with E-state index in [1.54, 1.807) is 6.08 Å². The molecule has 2 aliphatic rings. The van der Waals surface area contributed by atoms with Gasteiger partial charge in [-0.3, -0.25) is 0 Å². The predicted octanol–water partition coefficient (Wildman–Crippen LogP) is 2.40. The molecule has 0 saturated carbocycles. The normalized spacial score (nSPS) is 25.4. The highest BCUT2D eigenvalue weighted by Gasteiger charge is 2.26. The lowest BCUT2D eigenvalue weighted by Crippen LogP contribution is -2.16. The van der Waals surface area contributed by atoms with Crippen LogP contribution in [0, 0.1) is 0 Å². The van der Waals surface area contributed by atoms with Crippen molar-refractivity contribution >= 4 is 15.7 Å². The van der Waals surface area contributed by atoms with Crippen LogP contribution < -0.4 is 0 Å². The fraction of sp³-hybridized carbons (Fsp3) is 0.308. The van der Waals surface area contributed by atoms with Crippen molar-refractivity contribution in [2.45, 2.75) is 25.2 Å². The van der Waals surface area contributed by atoms with Gasteiger partial charge in [0.2, 0.25) is 0 Å². The van der Waals surface area contributed by atoms with Crippen LogP contribution in [0.5, 0.6) is 0 Å². The lowest BCUT2D eigenvalue weighted by atomic mass is 9.80. The lowest BCUT2D eigenvalue weighted by Gasteiger charge is -2.24. The molecule has 3 nitrogen and oxygen atoms in total. The van der Waals surface area contributed by atoms with Crippen LogP contribution in [0.2, 0.25) is 0 Å². The Bertz CT molecular complexity index is 614. The van der Waals surface area contributed by atoms with Gasteiger partial charge in [-0.1, -0.05) is 24.3 Å². The number of fused-ring (bicyclic) bond motifs is 1. The topological polar surface area (TPSA) is 46.5 Å². The Kier molecular flexibility index (Phi) is 2.40. The van der Waals surface area contributed by atoms with Crippen molar-refractivity contribution < 1.29 is 8.42 Å². The second-order valence-corrected chi connectivity index (χ2v) is 5.96. The number of rotatable bonds is 1. The third kappa shape index (κ3) is 1.93. The molecule has 0 amide bonds.